The molecular formula is C12H9F3N2O. The van der Waals surface area contributed by atoms with Crippen molar-refractivity contribution in [2.45, 2.75) is 6.92 Å². The third-order valence-corrected chi connectivity index (χ3v) is 2.69. The highest BCUT2D eigenvalue weighted by atomic mass is 19.2. The first-order valence-corrected chi connectivity index (χ1v) is 5.05. The molecule has 0 unspecified atom stereocenters. The van der Waals surface area contributed by atoms with Gasteiger partial charge in [-0.15, -0.1) is 0 Å². The highest BCUT2D eigenvalue weighted by molar-refractivity contribution is 5.99. The van der Waals surface area contributed by atoms with Gasteiger partial charge in [-0.1, -0.05) is 0 Å². The Hall–Kier alpha value is -2.24. The van der Waals surface area contributed by atoms with Crippen LogP contribution in [0.1, 0.15) is 15.9 Å². The average Bonchev–Trinajstić information content (AvgIpc) is 2.80. The van der Waals surface area contributed by atoms with E-state index in [1.54, 1.807) is 0 Å². The summed E-state index contributed by atoms with van der Waals surface area (Å²) in [4.78, 5) is 13.8. The molecule has 1 amide bonds. The van der Waals surface area contributed by atoms with E-state index < -0.39 is 23.4 Å². The number of primary amides is 1. The van der Waals surface area contributed by atoms with Gasteiger partial charge in [0.2, 0.25) is 0 Å². The number of nitrogens with two attached hydrogens (primary N) is 1. The fraction of sp³-hybridized carbons (Fsp3) is 0.0833. The summed E-state index contributed by atoms with van der Waals surface area (Å²) >= 11 is 0. The molecule has 2 aromatic rings. The van der Waals surface area contributed by atoms with Crippen LogP contribution < -0.4 is 5.73 Å². The van der Waals surface area contributed by atoms with E-state index in [1.165, 1.54) is 19.2 Å². The van der Waals surface area contributed by atoms with Gasteiger partial charge in [0.05, 0.1) is 11.3 Å². The molecule has 0 aliphatic carbocycles. The minimum absolute atomic E-state index is 0.0604. The molecule has 1 aromatic heterocycles. The topological polar surface area (TPSA) is 58.9 Å². The number of aromatic nitrogens is 1. The molecule has 0 fully saturated rings. The summed E-state index contributed by atoms with van der Waals surface area (Å²) in [6, 6.07) is 2.21. The molecule has 1 heterocycles. The summed E-state index contributed by atoms with van der Waals surface area (Å²) in [5.41, 5.74) is 5.35. The molecule has 0 aliphatic rings. The van der Waals surface area contributed by atoms with Crippen molar-refractivity contribution in [1.29, 1.82) is 0 Å². The van der Waals surface area contributed by atoms with Gasteiger partial charge in [-0.2, -0.15) is 0 Å². The Morgan fingerprint density at radius 1 is 1.28 bits per heavy atom. The van der Waals surface area contributed by atoms with Crippen LogP contribution in [0.5, 0.6) is 0 Å². The van der Waals surface area contributed by atoms with Gasteiger partial charge in [-0.05, 0) is 24.6 Å². The minimum Gasteiger partial charge on any atom is -0.366 e. The van der Waals surface area contributed by atoms with Gasteiger partial charge in [0.15, 0.2) is 17.5 Å². The number of aromatic amines is 1. The number of H-pyrrole nitrogens is 1. The first-order valence-electron chi connectivity index (χ1n) is 5.05. The fourth-order valence-corrected chi connectivity index (χ4v) is 1.74. The van der Waals surface area contributed by atoms with Gasteiger partial charge in [0.25, 0.3) is 5.91 Å². The molecule has 0 saturated heterocycles. The van der Waals surface area contributed by atoms with Crippen molar-refractivity contribution in [2.24, 2.45) is 5.73 Å². The molecule has 6 heteroatoms. The van der Waals surface area contributed by atoms with Crippen molar-refractivity contribution in [1.82, 2.24) is 4.98 Å². The van der Waals surface area contributed by atoms with Crippen molar-refractivity contribution < 1.29 is 18.0 Å². The molecular weight excluding hydrogens is 245 g/mol. The van der Waals surface area contributed by atoms with E-state index in [0.717, 1.165) is 6.07 Å². The number of amides is 1. The molecule has 0 atom stereocenters. The standard InChI is InChI=1S/C12H9F3N2O/c1-5-7(4-8(13)10(15)9(5)14)11-6(12(16)18)2-3-17-11/h2-4,17H,1H3,(H2,16,18). The molecule has 0 aliphatic heterocycles. The summed E-state index contributed by atoms with van der Waals surface area (Å²) in [6.45, 7) is 1.29. The van der Waals surface area contributed by atoms with Gasteiger partial charge in [-0.3, -0.25) is 4.79 Å². The van der Waals surface area contributed by atoms with Crippen LogP contribution in [0, 0.1) is 24.4 Å². The van der Waals surface area contributed by atoms with Gasteiger partial charge >= 0.3 is 0 Å². The Morgan fingerprint density at radius 2 is 1.94 bits per heavy atom. The van der Waals surface area contributed by atoms with Crippen LogP contribution in [-0.2, 0) is 0 Å². The quantitative estimate of drug-likeness (QED) is 0.795. The van der Waals surface area contributed by atoms with Gasteiger partial charge in [-0.25, -0.2) is 13.2 Å². The first kappa shape index (κ1) is 12.2. The largest absolute Gasteiger partial charge is 0.366 e. The lowest BCUT2D eigenvalue weighted by atomic mass is 10.0. The summed E-state index contributed by atoms with van der Waals surface area (Å²) in [5.74, 6) is -4.88. The highest BCUT2D eigenvalue weighted by Gasteiger charge is 2.20. The number of nitrogens with one attached hydrogen (secondary N) is 1. The predicted molar refractivity (Wildman–Crippen MR) is 59.4 cm³/mol. The van der Waals surface area contributed by atoms with E-state index in [1.807, 2.05) is 0 Å². The van der Waals surface area contributed by atoms with Crippen LogP contribution in [0.4, 0.5) is 13.2 Å². The zero-order chi connectivity index (χ0) is 13.4. The maximum Gasteiger partial charge on any atom is 0.250 e. The van der Waals surface area contributed by atoms with Gasteiger partial charge in [0, 0.05) is 11.8 Å². The van der Waals surface area contributed by atoms with Crippen LogP contribution in [0.2, 0.25) is 0 Å². The molecule has 0 spiro atoms. The first-order chi connectivity index (χ1) is 8.43. The molecule has 0 bridgehead atoms. The van der Waals surface area contributed by atoms with Crippen molar-refractivity contribution in [2.75, 3.05) is 0 Å². The zero-order valence-electron chi connectivity index (χ0n) is 9.35. The number of carbonyl (C=O) groups excluding carboxylic acids is 1. The lowest BCUT2D eigenvalue weighted by Gasteiger charge is -2.08. The van der Waals surface area contributed by atoms with E-state index in [0.29, 0.717) is 0 Å². The number of halogens is 3. The maximum atomic E-state index is 13.4. The van der Waals surface area contributed by atoms with Crippen LogP contribution in [0.3, 0.4) is 0 Å². The Bertz CT molecular complexity index is 634. The molecule has 1 aromatic carbocycles. The zero-order valence-corrected chi connectivity index (χ0v) is 9.35. The average molecular weight is 254 g/mol. The smallest absolute Gasteiger partial charge is 0.250 e. The van der Waals surface area contributed by atoms with Crippen molar-refractivity contribution >= 4 is 5.91 Å². The predicted octanol–water partition coefficient (Wildman–Crippen LogP) is 2.51. The monoisotopic (exact) mass is 254 g/mol. The van der Waals surface area contributed by atoms with Crippen LogP contribution in [-0.4, -0.2) is 10.9 Å². The molecule has 18 heavy (non-hydrogen) atoms. The molecule has 0 saturated carbocycles. The third-order valence-electron chi connectivity index (χ3n) is 2.69. The fourth-order valence-electron chi connectivity index (χ4n) is 1.74. The molecule has 2 rings (SSSR count). The number of hydrogen-bond donors (Lipinski definition) is 2. The second kappa shape index (κ2) is 4.21. The van der Waals surface area contributed by atoms with Crippen LogP contribution in [0.15, 0.2) is 18.3 Å². The van der Waals surface area contributed by atoms with E-state index in [-0.39, 0.29) is 22.4 Å². The second-order valence-electron chi connectivity index (χ2n) is 3.79. The number of benzene rings is 1. The number of carbonyl (C=O) groups is 1. The molecule has 94 valence electrons. The third kappa shape index (κ3) is 1.75. The van der Waals surface area contributed by atoms with Crippen molar-refractivity contribution in [3.05, 3.63) is 46.9 Å². The van der Waals surface area contributed by atoms with Crippen molar-refractivity contribution in [3.63, 3.8) is 0 Å². The van der Waals surface area contributed by atoms with Crippen LogP contribution >= 0.6 is 0 Å². The van der Waals surface area contributed by atoms with E-state index in [9.17, 15) is 18.0 Å². The Morgan fingerprint density at radius 3 is 2.56 bits per heavy atom. The molecule has 3 N–H and O–H groups in total. The summed E-state index contributed by atoms with van der Waals surface area (Å²) in [7, 11) is 0. The number of rotatable bonds is 2. The van der Waals surface area contributed by atoms with E-state index in [4.69, 9.17) is 5.73 Å². The van der Waals surface area contributed by atoms with E-state index in [2.05, 4.69) is 4.98 Å². The summed E-state index contributed by atoms with van der Waals surface area (Å²) in [6.07, 6.45) is 1.41. The Balaban J connectivity index is 2.72. The lowest BCUT2D eigenvalue weighted by Crippen LogP contribution is -2.11. The Kier molecular flexibility index (Phi) is 2.86. The van der Waals surface area contributed by atoms with Gasteiger partial charge in [0.1, 0.15) is 0 Å². The lowest BCUT2D eigenvalue weighted by molar-refractivity contribution is 0.100. The van der Waals surface area contributed by atoms with Crippen LogP contribution in [0.25, 0.3) is 11.3 Å². The highest BCUT2D eigenvalue weighted by Crippen LogP contribution is 2.29. The number of hydrogen-bond acceptors (Lipinski definition) is 1. The molecule has 3 nitrogen and oxygen atoms in total. The second-order valence-corrected chi connectivity index (χ2v) is 3.79. The summed E-state index contributed by atoms with van der Waals surface area (Å²) in [5, 5.41) is 0. The molecule has 0 radical (unpaired) electrons. The Labute approximate surface area is 100 Å². The minimum atomic E-state index is -1.54. The maximum absolute atomic E-state index is 13.4. The van der Waals surface area contributed by atoms with Gasteiger partial charge < -0.3 is 10.7 Å². The van der Waals surface area contributed by atoms with E-state index >= 15 is 0 Å². The normalized spacial score (nSPS) is 10.7. The summed E-state index contributed by atoms with van der Waals surface area (Å²) < 4.78 is 39.7. The SMILES string of the molecule is Cc1c(-c2[nH]ccc2C(N)=O)cc(F)c(F)c1F. The van der Waals surface area contributed by atoms with Crippen molar-refractivity contribution in [3.8, 4) is 11.3 Å².